The zero-order valence-corrected chi connectivity index (χ0v) is 6.46. The Bertz CT molecular complexity index is 110. The van der Waals surface area contributed by atoms with E-state index in [1.54, 1.807) is 0 Å². The molecule has 0 rings (SSSR count). The first kappa shape index (κ1) is 9.14. The minimum atomic E-state index is -1.54. The van der Waals surface area contributed by atoms with Gasteiger partial charge in [-0.15, -0.1) is 0 Å². The van der Waals surface area contributed by atoms with Crippen LogP contribution in [0.15, 0.2) is 0 Å². The molecule has 0 aliphatic rings. The Hall–Kier alpha value is 0.140. The van der Waals surface area contributed by atoms with Gasteiger partial charge in [0.1, 0.15) is 0 Å². The first-order valence-electron chi connectivity index (χ1n) is 1.95. The third kappa shape index (κ3) is 8.14. The van der Waals surface area contributed by atoms with E-state index in [2.05, 4.69) is 0 Å². The summed E-state index contributed by atoms with van der Waals surface area (Å²) >= 11 is 15.5. The Morgan fingerprint density at radius 2 is 2.00 bits per heavy atom. The van der Waals surface area contributed by atoms with Crippen molar-refractivity contribution in [3.05, 3.63) is 0 Å². The maximum atomic E-state index is 9.76. The molecular formula is C3H4Cl3NO2. The maximum Gasteiger partial charge on any atom is 0.404 e. The summed E-state index contributed by atoms with van der Waals surface area (Å²) in [5, 5.41) is 9.90. The molecule has 0 atom stereocenters. The number of carboxylic acid groups (broad SMARTS) is 1. The summed E-state index contributed by atoms with van der Waals surface area (Å²) in [6.07, 6.45) is -1.21. The molecule has 0 aromatic heterocycles. The number of alkyl halides is 3. The van der Waals surface area contributed by atoms with Gasteiger partial charge in [-0.2, -0.15) is 0 Å². The topological polar surface area (TPSA) is 49.3 Å². The Balaban J connectivity index is 3.39. The van der Waals surface area contributed by atoms with Crippen molar-refractivity contribution < 1.29 is 9.90 Å². The Labute approximate surface area is 66.9 Å². The Morgan fingerprint density at radius 1 is 1.56 bits per heavy atom. The Kier molecular flexibility index (Phi) is 3.40. The maximum absolute atomic E-state index is 9.76. The molecule has 0 heterocycles. The van der Waals surface area contributed by atoms with Crippen LogP contribution in [-0.4, -0.2) is 21.5 Å². The van der Waals surface area contributed by atoms with Crippen molar-refractivity contribution in [3.8, 4) is 0 Å². The van der Waals surface area contributed by atoms with Gasteiger partial charge >= 0.3 is 6.09 Å². The van der Waals surface area contributed by atoms with Crippen LogP contribution in [0.25, 0.3) is 0 Å². The zero-order valence-electron chi connectivity index (χ0n) is 4.20. The standard InChI is InChI=1S/C3H4Cl3NO2/c4-3(5,6)1-7-2(8)9/h7H,1H2,(H,8,9). The smallest absolute Gasteiger partial charge is 0.404 e. The molecule has 0 unspecified atom stereocenters. The van der Waals surface area contributed by atoms with Crippen LogP contribution in [-0.2, 0) is 0 Å². The van der Waals surface area contributed by atoms with E-state index in [9.17, 15) is 4.79 Å². The summed E-state index contributed by atoms with van der Waals surface area (Å²) in [5.74, 6) is 0. The largest absolute Gasteiger partial charge is 0.465 e. The molecule has 3 nitrogen and oxygen atoms in total. The minimum Gasteiger partial charge on any atom is -0.465 e. The van der Waals surface area contributed by atoms with E-state index in [0.29, 0.717) is 0 Å². The van der Waals surface area contributed by atoms with Crippen LogP contribution in [0.3, 0.4) is 0 Å². The number of amides is 1. The van der Waals surface area contributed by atoms with E-state index in [4.69, 9.17) is 39.9 Å². The molecule has 0 aliphatic heterocycles. The molecule has 9 heavy (non-hydrogen) atoms. The molecule has 0 radical (unpaired) electrons. The van der Waals surface area contributed by atoms with E-state index >= 15 is 0 Å². The monoisotopic (exact) mass is 191 g/mol. The highest BCUT2D eigenvalue weighted by atomic mass is 35.6. The number of rotatable bonds is 1. The van der Waals surface area contributed by atoms with Crippen LogP contribution < -0.4 is 5.32 Å². The molecule has 54 valence electrons. The van der Waals surface area contributed by atoms with Gasteiger partial charge in [0.2, 0.25) is 3.79 Å². The third-order valence-electron chi connectivity index (χ3n) is 0.440. The number of halogens is 3. The second-order valence-corrected chi connectivity index (χ2v) is 3.79. The fourth-order valence-electron chi connectivity index (χ4n) is 0.176. The van der Waals surface area contributed by atoms with Crippen molar-refractivity contribution >= 4 is 40.9 Å². The minimum absolute atomic E-state index is 0.201. The summed E-state index contributed by atoms with van der Waals surface area (Å²) in [4.78, 5) is 9.76. The summed E-state index contributed by atoms with van der Waals surface area (Å²) in [6.45, 7) is -0.201. The highest BCUT2D eigenvalue weighted by molar-refractivity contribution is 6.67. The molecule has 0 aromatic rings. The predicted molar refractivity (Wildman–Crippen MR) is 36.3 cm³/mol. The molecule has 1 amide bonds. The quantitative estimate of drug-likeness (QED) is 0.620. The van der Waals surface area contributed by atoms with Crippen molar-refractivity contribution in [2.75, 3.05) is 6.54 Å². The third-order valence-corrected chi connectivity index (χ3v) is 0.841. The number of hydrogen-bond donors (Lipinski definition) is 2. The van der Waals surface area contributed by atoms with Gasteiger partial charge in [0.15, 0.2) is 0 Å². The molecule has 0 aromatic carbocycles. The van der Waals surface area contributed by atoms with Crippen molar-refractivity contribution in [2.24, 2.45) is 0 Å². The number of carbonyl (C=O) groups is 1. The van der Waals surface area contributed by atoms with Gasteiger partial charge in [-0.25, -0.2) is 4.79 Å². The second kappa shape index (κ2) is 3.34. The van der Waals surface area contributed by atoms with E-state index in [-0.39, 0.29) is 6.54 Å². The first-order valence-corrected chi connectivity index (χ1v) is 3.09. The Morgan fingerprint density at radius 3 is 2.11 bits per heavy atom. The summed E-state index contributed by atoms with van der Waals surface area (Å²) in [6, 6.07) is 0. The van der Waals surface area contributed by atoms with Crippen molar-refractivity contribution in [1.82, 2.24) is 5.32 Å². The lowest BCUT2D eigenvalue weighted by Gasteiger charge is -2.08. The van der Waals surface area contributed by atoms with Crippen LogP contribution in [0.4, 0.5) is 4.79 Å². The highest BCUT2D eigenvalue weighted by Crippen LogP contribution is 2.24. The van der Waals surface area contributed by atoms with Crippen LogP contribution in [0.2, 0.25) is 0 Å². The molecule has 0 saturated carbocycles. The molecule has 0 saturated heterocycles. The van der Waals surface area contributed by atoms with E-state index in [0.717, 1.165) is 0 Å². The molecular weight excluding hydrogens is 188 g/mol. The predicted octanol–water partition coefficient (Wildman–Crippen LogP) is 1.62. The lowest BCUT2D eigenvalue weighted by atomic mass is 10.7. The summed E-state index contributed by atoms with van der Waals surface area (Å²) < 4.78 is -1.54. The summed E-state index contributed by atoms with van der Waals surface area (Å²) in [7, 11) is 0. The average molecular weight is 192 g/mol. The lowest BCUT2D eigenvalue weighted by molar-refractivity contribution is 0.194. The molecule has 6 heteroatoms. The van der Waals surface area contributed by atoms with Crippen LogP contribution in [0.1, 0.15) is 0 Å². The highest BCUT2D eigenvalue weighted by Gasteiger charge is 2.19. The fraction of sp³-hybridized carbons (Fsp3) is 0.667. The van der Waals surface area contributed by atoms with Gasteiger partial charge in [-0.3, -0.25) is 0 Å². The van der Waals surface area contributed by atoms with Gasteiger partial charge < -0.3 is 10.4 Å². The van der Waals surface area contributed by atoms with Crippen molar-refractivity contribution in [1.29, 1.82) is 0 Å². The fourth-order valence-corrected chi connectivity index (χ4v) is 0.376. The van der Waals surface area contributed by atoms with E-state index in [1.807, 2.05) is 5.32 Å². The number of nitrogens with one attached hydrogen (secondary N) is 1. The lowest BCUT2D eigenvalue weighted by Crippen LogP contribution is -2.30. The average Bonchev–Trinajstić information content (AvgIpc) is 1.59. The normalized spacial score (nSPS) is 11.0. The number of hydrogen-bond acceptors (Lipinski definition) is 1. The molecule has 0 fully saturated rings. The summed E-state index contributed by atoms with van der Waals surface area (Å²) in [5.41, 5.74) is 0. The first-order chi connectivity index (χ1) is 3.92. The van der Waals surface area contributed by atoms with Gasteiger partial charge in [-0.1, -0.05) is 34.8 Å². The van der Waals surface area contributed by atoms with E-state index < -0.39 is 9.89 Å². The van der Waals surface area contributed by atoms with E-state index in [1.165, 1.54) is 0 Å². The molecule has 2 N–H and O–H groups in total. The van der Waals surface area contributed by atoms with Gasteiger partial charge in [0, 0.05) is 0 Å². The van der Waals surface area contributed by atoms with Gasteiger partial charge in [0.05, 0.1) is 6.54 Å². The second-order valence-electron chi connectivity index (χ2n) is 1.27. The van der Waals surface area contributed by atoms with Crippen LogP contribution in [0.5, 0.6) is 0 Å². The molecule has 0 spiro atoms. The van der Waals surface area contributed by atoms with Crippen LogP contribution >= 0.6 is 34.8 Å². The van der Waals surface area contributed by atoms with Gasteiger partial charge in [-0.05, 0) is 0 Å². The van der Waals surface area contributed by atoms with Crippen molar-refractivity contribution in [3.63, 3.8) is 0 Å². The molecule has 0 bridgehead atoms. The SMILES string of the molecule is O=C(O)NCC(Cl)(Cl)Cl. The zero-order chi connectivity index (χ0) is 7.49. The molecule has 0 aliphatic carbocycles. The van der Waals surface area contributed by atoms with Gasteiger partial charge in [0.25, 0.3) is 0 Å². The van der Waals surface area contributed by atoms with Crippen LogP contribution in [0, 0.1) is 0 Å². The van der Waals surface area contributed by atoms with Crippen molar-refractivity contribution in [2.45, 2.75) is 3.79 Å².